The molecule has 21 heavy (non-hydrogen) atoms. The van der Waals surface area contributed by atoms with Crippen LogP contribution < -0.4 is 0 Å². The van der Waals surface area contributed by atoms with Crippen LogP contribution in [0.25, 0.3) is 0 Å². The van der Waals surface area contributed by atoms with Crippen molar-refractivity contribution in [1.29, 1.82) is 0 Å². The smallest absolute Gasteiger partial charge is 0.0136 e. The van der Waals surface area contributed by atoms with Crippen LogP contribution in [0.4, 0.5) is 0 Å². The van der Waals surface area contributed by atoms with Crippen molar-refractivity contribution < 1.29 is 0 Å². The number of hydrogen-bond acceptors (Lipinski definition) is 1. The first kappa shape index (κ1) is 13.8. The molecule has 4 bridgehead atoms. The largest absolute Gasteiger partial charge is 0.297 e. The molecule has 1 unspecified atom stereocenters. The van der Waals surface area contributed by atoms with Gasteiger partial charge < -0.3 is 0 Å². The summed E-state index contributed by atoms with van der Waals surface area (Å²) in [6, 6.07) is 11.3. The van der Waals surface area contributed by atoms with Crippen LogP contribution in [0.15, 0.2) is 24.3 Å². The maximum absolute atomic E-state index is 2.90. The Kier molecular flexibility index (Phi) is 3.57. The summed E-state index contributed by atoms with van der Waals surface area (Å²) in [5.74, 6) is 2.76. The van der Waals surface area contributed by atoms with Gasteiger partial charge in [0.1, 0.15) is 0 Å². The van der Waals surface area contributed by atoms with E-state index in [0.29, 0.717) is 0 Å². The van der Waals surface area contributed by atoms with Gasteiger partial charge in [0.05, 0.1) is 0 Å². The van der Waals surface area contributed by atoms with Gasteiger partial charge in [-0.2, -0.15) is 0 Å². The lowest BCUT2D eigenvalue weighted by molar-refractivity contribution is 0.0830. The van der Waals surface area contributed by atoms with Crippen molar-refractivity contribution in [2.75, 3.05) is 6.54 Å². The molecule has 0 spiro atoms. The molecule has 3 heterocycles. The molecule has 114 valence electrons. The number of aryl methyl sites for hydroxylation is 1. The number of benzene rings is 1. The highest BCUT2D eigenvalue weighted by Gasteiger charge is 2.54. The molecule has 1 heteroatoms. The summed E-state index contributed by atoms with van der Waals surface area (Å²) in [5, 5.41) is 0. The lowest BCUT2D eigenvalue weighted by atomic mass is 9.74. The van der Waals surface area contributed by atoms with E-state index in [9.17, 15) is 0 Å². The Balaban J connectivity index is 1.63. The van der Waals surface area contributed by atoms with Gasteiger partial charge in [0, 0.05) is 12.1 Å². The minimum Gasteiger partial charge on any atom is -0.297 e. The number of rotatable bonds is 4. The first-order chi connectivity index (χ1) is 10.3. The monoisotopic (exact) mass is 283 g/mol. The third kappa shape index (κ3) is 2.25. The highest BCUT2D eigenvalue weighted by atomic mass is 15.3. The van der Waals surface area contributed by atoms with Gasteiger partial charge in [0.15, 0.2) is 0 Å². The van der Waals surface area contributed by atoms with Gasteiger partial charge in [0.25, 0.3) is 0 Å². The Bertz CT molecular complexity index is 491. The lowest BCUT2D eigenvalue weighted by Gasteiger charge is -2.44. The lowest BCUT2D eigenvalue weighted by Crippen LogP contribution is -2.46. The van der Waals surface area contributed by atoms with Crippen molar-refractivity contribution >= 4 is 0 Å². The van der Waals surface area contributed by atoms with Crippen molar-refractivity contribution in [1.82, 2.24) is 4.90 Å². The summed E-state index contributed by atoms with van der Waals surface area (Å²) in [7, 11) is 0. The quantitative estimate of drug-likeness (QED) is 0.770. The average molecular weight is 283 g/mol. The van der Waals surface area contributed by atoms with E-state index in [1.165, 1.54) is 50.6 Å². The molecule has 0 radical (unpaired) electrons. The molecule has 6 atom stereocenters. The number of hydrogen-bond donors (Lipinski definition) is 0. The zero-order chi connectivity index (χ0) is 14.4. The standard InChI is InChI=1S/C20H29N/c1-3-4-5-17-18(15-8-6-14(2)7-9-15)13-19-16-10-11-21(19)20(17)12-16/h6-9,16-20H,3-5,10-13H2,1-2H3/t16-,17-,18+,19+,20+/m0/s1. The van der Waals surface area contributed by atoms with Crippen LogP contribution in [0.5, 0.6) is 0 Å². The van der Waals surface area contributed by atoms with Gasteiger partial charge in [0.2, 0.25) is 0 Å². The van der Waals surface area contributed by atoms with Crippen molar-refractivity contribution in [2.45, 2.75) is 70.4 Å². The zero-order valence-corrected chi connectivity index (χ0v) is 13.6. The van der Waals surface area contributed by atoms with Crippen LogP contribution in [-0.4, -0.2) is 23.5 Å². The molecule has 0 aromatic heterocycles. The van der Waals surface area contributed by atoms with E-state index in [1.807, 2.05) is 0 Å². The SMILES string of the molecule is CCCC[C@H]1[C@@H](c2ccc(C)cc2)C[C@@H]2[C@H]3CCN2[C@@H]1C3. The molecule has 0 aliphatic carbocycles. The Morgan fingerprint density at radius 2 is 1.90 bits per heavy atom. The number of nitrogens with zero attached hydrogens (tertiary/aromatic N) is 1. The molecule has 3 saturated heterocycles. The number of unbranched alkanes of at least 4 members (excludes halogenated alkanes) is 1. The second-order valence-corrected chi connectivity index (χ2v) is 7.72. The fourth-order valence-corrected chi connectivity index (χ4v) is 5.56. The normalized spacial score (nSPS) is 40.7. The van der Waals surface area contributed by atoms with Crippen LogP contribution in [0, 0.1) is 18.8 Å². The summed E-state index contributed by atoms with van der Waals surface area (Å²) in [6.45, 7) is 5.94. The van der Waals surface area contributed by atoms with Crippen molar-refractivity contribution in [3.8, 4) is 0 Å². The van der Waals surface area contributed by atoms with E-state index in [1.54, 1.807) is 5.56 Å². The Labute approximate surface area is 129 Å². The van der Waals surface area contributed by atoms with E-state index in [-0.39, 0.29) is 0 Å². The molecule has 3 aliphatic rings. The highest BCUT2D eigenvalue weighted by Crippen LogP contribution is 2.54. The highest BCUT2D eigenvalue weighted by molar-refractivity contribution is 5.28. The zero-order valence-electron chi connectivity index (χ0n) is 13.6. The minimum absolute atomic E-state index is 0.825. The summed E-state index contributed by atoms with van der Waals surface area (Å²) < 4.78 is 0. The topological polar surface area (TPSA) is 3.24 Å². The van der Waals surface area contributed by atoms with Gasteiger partial charge in [-0.25, -0.2) is 0 Å². The molecule has 4 rings (SSSR count). The van der Waals surface area contributed by atoms with E-state index in [2.05, 4.69) is 43.0 Å². The second kappa shape index (κ2) is 5.43. The summed E-state index contributed by atoms with van der Waals surface area (Å²) in [6.07, 6.45) is 8.60. The Morgan fingerprint density at radius 3 is 2.67 bits per heavy atom. The first-order valence-corrected chi connectivity index (χ1v) is 9.10. The summed E-state index contributed by atoms with van der Waals surface area (Å²) >= 11 is 0. The van der Waals surface area contributed by atoms with Gasteiger partial charge >= 0.3 is 0 Å². The maximum Gasteiger partial charge on any atom is 0.0136 e. The molecule has 1 nitrogen and oxygen atoms in total. The van der Waals surface area contributed by atoms with Gasteiger partial charge in [-0.1, -0.05) is 49.6 Å². The van der Waals surface area contributed by atoms with Crippen LogP contribution in [-0.2, 0) is 0 Å². The molecule has 1 aromatic carbocycles. The second-order valence-electron chi connectivity index (χ2n) is 7.72. The Hall–Kier alpha value is -0.820. The molecule has 0 N–H and O–H groups in total. The van der Waals surface area contributed by atoms with Crippen molar-refractivity contribution in [3.05, 3.63) is 35.4 Å². The van der Waals surface area contributed by atoms with Crippen molar-refractivity contribution in [3.63, 3.8) is 0 Å². The van der Waals surface area contributed by atoms with Gasteiger partial charge in [-0.15, -0.1) is 0 Å². The molecule has 0 saturated carbocycles. The van der Waals surface area contributed by atoms with E-state index < -0.39 is 0 Å². The van der Waals surface area contributed by atoms with E-state index in [4.69, 9.17) is 0 Å². The molecule has 3 aliphatic heterocycles. The van der Waals surface area contributed by atoms with Crippen LogP contribution >= 0.6 is 0 Å². The average Bonchev–Trinajstić information content (AvgIpc) is 3.01. The minimum atomic E-state index is 0.825. The van der Waals surface area contributed by atoms with Crippen molar-refractivity contribution in [2.24, 2.45) is 11.8 Å². The molecular weight excluding hydrogens is 254 g/mol. The molecule has 0 amide bonds. The van der Waals surface area contributed by atoms with Gasteiger partial charge in [-0.05, 0) is 62.5 Å². The molecular formula is C20H29N. The maximum atomic E-state index is 2.90. The van der Waals surface area contributed by atoms with Gasteiger partial charge in [-0.3, -0.25) is 4.90 Å². The Morgan fingerprint density at radius 1 is 1.10 bits per heavy atom. The van der Waals surface area contributed by atoms with E-state index >= 15 is 0 Å². The fourth-order valence-electron chi connectivity index (χ4n) is 5.56. The van der Waals surface area contributed by atoms with Crippen LogP contribution in [0.3, 0.4) is 0 Å². The van der Waals surface area contributed by atoms with Crippen LogP contribution in [0.2, 0.25) is 0 Å². The first-order valence-electron chi connectivity index (χ1n) is 9.10. The molecule has 1 aromatic rings. The molecule has 3 fully saturated rings. The summed E-state index contributed by atoms with van der Waals surface area (Å²) in [5.41, 5.74) is 3.02. The predicted octanol–water partition coefficient (Wildman–Crippen LogP) is 4.75. The summed E-state index contributed by atoms with van der Waals surface area (Å²) in [4.78, 5) is 2.90. The third-order valence-corrected chi connectivity index (χ3v) is 6.60. The van der Waals surface area contributed by atoms with Crippen LogP contribution in [0.1, 0.15) is 62.5 Å². The predicted molar refractivity (Wildman–Crippen MR) is 88.6 cm³/mol. The third-order valence-electron chi connectivity index (χ3n) is 6.60. The van der Waals surface area contributed by atoms with E-state index in [0.717, 1.165) is 29.8 Å². The number of piperidine rings is 2. The fraction of sp³-hybridized carbons (Fsp3) is 0.700.